The second-order valence-electron chi connectivity index (χ2n) is 6.41. The van der Waals surface area contributed by atoms with Gasteiger partial charge >= 0.3 is 6.03 Å². The highest BCUT2D eigenvalue weighted by molar-refractivity contribution is 5.91. The number of hydrogen-bond acceptors (Lipinski definition) is 2. The third kappa shape index (κ3) is 4.71. The number of urea groups is 1. The molecule has 0 aliphatic carbocycles. The summed E-state index contributed by atoms with van der Waals surface area (Å²) in [6.45, 7) is 8.38. The van der Waals surface area contributed by atoms with Crippen LogP contribution in [0.15, 0.2) is 18.2 Å². The van der Waals surface area contributed by atoms with Gasteiger partial charge < -0.3 is 15.5 Å². The van der Waals surface area contributed by atoms with Gasteiger partial charge in [0.25, 0.3) is 0 Å². The van der Waals surface area contributed by atoms with Gasteiger partial charge in [-0.3, -0.25) is 4.79 Å². The highest BCUT2D eigenvalue weighted by Crippen LogP contribution is 2.27. The molecular weight excluding hydrogens is 290 g/mol. The van der Waals surface area contributed by atoms with Crippen molar-refractivity contribution in [3.05, 3.63) is 29.3 Å². The van der Waals surface area contributed by atoms with Crippen molar-refractivity contribution in [1.82, 2.24) is 10.2 Å². The molecule has 2 N–H and O–H groups in total. The van der Waals surface area contributed by atoms with E-state index in [9.17, 15) is 9.59 Å². The van der Waals surface area contributed by atoms with Gasteiger partial charge in [0, 0.05) is 31.7 Å². The lowest BCUT2D eigenvalue weighted by molar-refractivity contribution is -0.127. The second-order valence-corrected chi connectivity index (χ2v) is 6.41. The first-order valence-corrected chi connectivity index (χ1v) is 8.41. The summed E-state index contributed by atoms with van der Waals surface area (Å²) in [6, 6.07) is 5.88. The number of nitrogens with one attached hydrogen (secondary N) is 2. The normalized spacial score (nSPS) is 14.4. The Morgan fingerprint density at radius 3 is 2.78 bits per heavy atom. The van der Waals surface area contributed by atoms with Crippen molar-refractivity contribution in [2.45, 2.75) is 46.0 Å². The molecule has 0 aromatic heterocycles. The number of benzene rings is 1. The summed E-state index contributed by atoms with van der Waals surface area (Å²) in [7, 11) is 0. The zero-order valence-electron chi connectivity index (χ0n) is 14.3. The summed E-state index contributed by atoms with van der Waals surface area (Å²) < 4.78 is 0. The molecule has 1 aliphatic heterocycles. The number of para-hydroxylation sites is 1. The van der Waals surface area contributed by atoms with Crippen LogP contribution in [0.3, 0.4) is 0 Å². The Kier molecular flexibility index (Phi) is 6.02. The second kappa shape index (κ2) is 7.99. The third-order valence-electron chi connectivity index (χ3n) is 4.23. The molecule has 0 bridgehead atoms. The van der Waals surface area contributed by atoms with Crippen LogP contribution >= 0.6 is 0 Å². The summed E-state index contributed by atoms with van der Waals surface area (Å²) in [5, 5.41) is 5.84. The Bertz CT molecular complexity index is 569. The van der Waals surface area contributed by atoms with E-state index in [1.165, 1.54) is 0 Å². The predicted octanol–water partition coefficient (Wildman–Crippen LogP) is 3.25. The smallest absolute Gasteiger partial charge is 0.319 e. The van der Waals surface area contributed by atoms with Crippen LogP contribution in [0.2, 0.25) is 0 Å². The van der Waals surface area contributed by atoms with Gasteiger partial charge in [0.2, 0.25) is 5.91 Å². The van der Waals surface area contributed by atoms with Gasteiger partial charge in [-0.05, 0) is 36.8 Å². The molecule has 0 unspecified atom stereocenters. The van der Waals surface area contributed by atoms with Crippen LogP contribution in [-0.4, -0.2) is 36.5 Å². The van der Waals surface area contributed by atoms with Crippen molar-refractivity contribution >= 4 is 17.6 Å². The Balaban J connectivity index is 1.80. The number of hydrogen-bond donors (Lipinski definition) is 2. The summed E-state index contributed by atoms with van der Waals surface area (Å²) in [5.41, 5.74) is 3.10. The van der Waals surface area contributed by atoms with Crippen molar-refractivity contribution in [2.75, 3.05) is 25.0 Å². The Morgan fingerprint density at radius 2 is 2.13 bits per heavy atom. The monoisotopic (exact) mass is 317 g/mol. The van der Waals surface area contributed by atoms with Crippen molar-refractivity contribution in [3.63, 3.8) is 0 Å². The fourth-order valence-electron chi connectivity index (χ4n) is 2.91. The Morgan fingerprint density at radius 1 is 1.35 bits per heavy atom. The number of likely N-dealkylation sites (tertiary alicyclic amines) is 1. The van der Waals surface area contributed by atoms with E-state index in [0.717, 1.165) is 42.7 Å². The van der Waals surface area contributed by atoms with E-state index in [1.54, 1.807) is 0 Å². The van der Waals surface area contributed by atoms with Crippen LogP contribution in [0, 0.1) is 6.92 Å². The molecule has 1 heterocycles. The number of anilines is 1. The van der Waals surface area contributed by atoms with Gasteiger partial charge in [-0.15, -0.1) is 0 Å². The number of carbonyl (C=O) groups is 2. The molecule has 23 heavy (non-hydrogen) atoms. The van der Waals surface area contributed by atoms with E-state index >= 15 is 0 Å². The van der Waals surface area contributed by atoms with Crippen LogP contribution in [-0.2, 0) is 4.79 Å². The molecule has 0 radical (unpaired) electrons. The average molecular weight is 317 g/mol. The predicted molar refractivity (Wildman–Crippen MR) is 92.7 cm³/mol. The number of aryl methyl sites for hydroxylation is 1. The number of carbonyl (C=O) groups excluding carboxylic acids is 2. The van der Waals surface area contributed by atoms with Crippen molar-refractivity contribution in [3.8, 4) is 0 Å². The Hall–Kier alpha value is -2.04. The number of nitrogens with zero attached hydrogens (tertiary/aromatic N) is 1. The van der Waals surface area contributed by atoms with E-state index < -0.39 is 0 Å². The lowest BCUT2D eigenvalue weighted by Crippen LogP contribution is -2.33. The minimum absolute atomic E-state index is 0.186. The van der Waals surface area contributed by atoms with Gasteiger partial charge in [-0.2, -0.15) is 0 Å². The van der Waals surface area contributed by atoms with E-state index in [-0.39, 0.29) is 11.9 Å². The highest BCUT2D eigenvalue weighted by atomic mass is 16.2. The van der Waals surface area contributed by atoms with Crippen LogP contribution in [0.5, 0.6) is 0 Å². The van der Waals surface area contributed by atoms with E-state index in [2.05, 4.69) is 24.5 Å². The SMILES string of the molecule is Cc1cccc(C(C)C)c1NC(=O)NCCCN1CCCC1=O. The Labute approximate surface area is 138 Å². The average Bonchev–Trinajstić information content (AvgIpc) is 2.91. The van der Waals surface area contributed by atoms with Crippen molar-refractivity contribution in [1.29, 1.82) is 0 Å². The molecule has 2 rings (SSSR count). The van der Waals surface area contributed by atoms with Crippen LogP contribution in [0.4, 0.5) is 10.5 Å². The maximum absolute atomic E-state index is 12.1. The minimum Gasteiger partial charge on any atom is -0.343 e. The summed E-state index contributed by atoms with van der Waals surface area (Å²) in [4.78, 5) is 25.5. The largest absolute Gasteiger partial charge is 0.343 e. The lowest BCUT2D eigenvalue weighted by atomic mass is 9.98. The van der Waals surface area contributed by atoms with Crippen LogP contribution < -0.4 is 10.6 Å². The summed E-state index contributed by atoms with van der Waals surface area (Å²) >= 11 is 0. The topological polar surface area (TPSA) is 61.4 Å². The fraction of sp³-hybridized carbons (Fsp3) is 0.556. The lowest BCUT2D eigenvalue weighted by Gasteiger charge is -2.18. The summed E-state index contributed by atoms with van der Waals surface area (Å²) in [6.07, 6.45) is 2.40. The quantitative estimate of drug-likeness (QED) is 0.791. The first-order valence-electron chi connectivity index (χ1n) is 8.41. The fourth-order valence-corrected chi connectivity index (χ4v) is 2.91. The molecule has 1 aromatic rings. The molecule has 1 aromatic carbocycles. The van der Waals surface area contributed by atoms with Crippen LogP contribution in [0.1, 0.15) is 50.2 Å². The molecule has 1 aliphatic rings. The molecule has 126 valence electrons. The highest BCUT2D eigenvalue weighted by Gasteiger charge is 2.19. The molecule has 0 spiro atoms. The molecule has 5 heteroatoms. The van der Waals surface area contributed by atoms with Gasteiger partial charge in [-0.1, -0.05) is 32.0 Å². The van der Waals surface area contributed by atoms with Crippen LogP contribution in [0.25, 0.3) is 0 Å². The number of amides is 3. The van der Waals surface area contributed by atoms with E-state index in [1.807, 2.05) is 30.0 Å². The zero-order valence-corrected chi connectivity index (χ0v) is 14.3. The molecule has 1 fully saturated rings. The molecule has 0 saturated carbocycles. The van der Waals surface area contributed by atoms with E-state index in [4.69, 9.17) is 0 Å². The molecule has 5 nitrogen and oxygen atoms in total. The van der Waals surface area contributed by atoms with Crippen molar-refractivity contribution < 1.29 is 9.59 Å². The molecular formula is C18H27N3O2. The minimum atomic E-state index is -0.186. The third-order valence-corrected chi connectivity index (χ3v) is 4.23. The molecule has 0 atom stereocenters. The maximum atomic E-state index is 12.1. The maximum Gasteiger partial charge on any atom is 0.319 e. The zero-order chi connectivity index (χ0) is 16.8. The molecule has 1 saturated heterocycles. The van der Waals surface area contributed by atoms with Gasteiger partial charge in [0.1, 0.15) is 0 Å². The molecule has 3 amide bonds. The number of rotatable bonds is 6. The van der Waals surface area contributed by atoms with E-state index in [0.29, 0.717) is 18.9 Å². The standard InChI is InChI=1S/C18H27N3O2/c1-13(2)15-8-4-7-14(3)17(15)20-18(23)19-10-6-12-21-11-5-9-16(21)22/h4,7-8,13H,5-6,9-12H2,1-3H3,(H2,19,20,23). The van der Waals surface area contributed by atoms with Gasteiger partial charge in [0.15, 0.2) is 0 Å². The first kappa shape index (κ1) is 17.3. The summed E-state index contributed by atoms with van der Waals surface area (Å²) in [5.74, 6) is 0.585. The van der Waals surface area contributed by atoms with Gasteiger partial charge in [0.05, 0.1) is 0 Å². The first-order chi connectivity index (χ1) is 11.0. The van der Waals surface area contributed by atoms with Crippen molar-refractivity contribution in [2.24, 2.45) is 0 Å². The van der Waals surface area contributed by atoms with Gasteiger partial charge in [-0.25, -0.2) is 4.79 Å².